The number of hydrogen-bond donors (Lipinski definition) is 1. The molecule has 2 fully saturated rings. The van der Waals surface area contributed by atoms with Crippen molar-refractivity contribution < 1.29 is 22.3 Å². The molecule has 0 atom stereocenters. The summed E-state index contributed by atoms with van der Waals surface area (Å²) in [6.45, 7) is 0.0173. The first-order chi connectivity index (χ1) is 14.3. The van der Waals surface area contributed by atoms with Gasteiger partial charge < -0.3 is 9.64 Å². The summed E-state index contributed by atoms with van der Waals surface area (Å²) in [5, 5.41) is 0.250. The van der Waals surface area contributed by atoms with Crippen molar-refractivity contribution in [2.45, 2.75) is 49.2 Å². The van der Waals surface area contributed by atoms with E-state index in [4.69, 9.17) is 16.3 Å². The van der Waals surface area contributed by atoms with Crippen molar-refractivity contribution in [2.75, 3.05) is 7.11 Å². The number of rotatable bonds is 8. The van der Waals surface area contributed by atoms with Crippen LogP contribution in [0.15, 0.2) is 41.3 Å². The van der Waals surface area contributed by atoms with Crippen LogP contribution in [0.25, 0.3) is 0 Å². The molecule has 2 aromatic rings. The van der Waals surface area contributed by atoms with Gasteiger partial charge in [0.15, 0.2) is 0 Å². The molecule has 0 saturated heterocycles. The van der Waals surface area contributed by atoms with Crippen molar-refractivity contribution >= 4 is 27.5 Å². The molecule has 1 amide bonds. The summed E-state index contributed by atoms with van der Waals surface area (Å²) in [6, 6.07) is 8.61. The lowest BCUT2D eigenvalue weighted by molar-refractivity contribution is 0.0728. The molecule has 0 spiro atoms. The van der Waals surface area contributed by atoms with E-state index in [1.807, 2.05) is 0 Å². The molecule has 0 bridgehead atoms. The Bertz CT molecular complexity index is 1060. The van der Waals surface area contributed by atoms with E-state index in [1.54, 1.807) is 11.0 Å². The van der Waals surface area contributed by atoms with Crippen LogP contribution in [-0.4, -0.2) is 38.4 Å². The molecule has 160 valence electrons. The molecule has 30 heavy (non-hydrogen) atoms. The highest BCUT2D eigenvalue weighted by Gasteiger charge is 2.35. The highest BCUT2D eigenvalue weighted by molar-refractivity contribution is 7.89. The minimum atomic E-state index is -3.83. The Hall–Kier alpha value is -2.16. The Morgan fingerprint density at radius 2 is 1.97 bits per heavy atom. The summed E-state index contributed by atoms with van der Waals surface area (Å²) in [6.07, 6.45) is 3.20. The lowest BCUT2D eigenvalue weighted by Crippen LogP contribution is -2.33. The largest absolute Gasteiger partial charge is 0.495 e. The van der Waals surface area contributed by atoms with Gasteiger partial charge in [0, 0.05) is 28.2 Å². The van der Waals surface area contributed by atoms with Crippen LogP contribution in [0, 0.1) is 5.82 Å². The minimum Gasteiger partial charge on any atom is -0.495 e. The second kappa shape index (κ2) is 8.17. The van der Waals surface area contributed by atoms with E-state index in [2.05, 4.69) is 4.72 Å². The number of amides is 1. The Labute approximate surface area is 180 Å². The van der Waals surface area contributed by atoms with Crippen LogP contribution in [0.3, 0.4) is 0 Å². The number of carbonyl (C=O) groups excluding carboxylic acids is 1. The van der Waals surface area contributed by atoms with E-state index in [0.29, 0.717) is 0 Å². The van der Waals surface area contributed by atoms with Gasteiger partial charge in [0.1, 0.15) is 16.5 Å². The van der Waals surface area contributed by atoms with Crippen LogP contribution >= 0.6 is 11.6 Å². The fraction of sp³-hybridized carbons (Fsp3) is 0.381. The van der Waals surface area contributed by atoms with Crippen molar-refractivity contribution in [1.29, 1.82) is 0 Å². The SMILES string of the molecule is COc1ccc(C(=O)N(Cc2c(F)cccc2Cl)C2CC2)cc1S(=O)(=O)NC1CC1. The van der Waals surface area contributed by atoms with Crippen LogP contribution < -0.4 is 9.46 Å². The quantitative estimate of drug-likeness (QED) is 0.662. The van der Waals surface area contributed by atoms with E-state index in [9.17, 15) is 17.6 Å². The third kappa shape index (κ3) is 4.45. The van der Waals surface area contributed by atoms with Gasteiger partial charge in [-0.3, -0.25) is 4.79 Å². The standard InChI is InChI=1S/C21H22ClFN2O4S/c1-29-19-10-5-13(11-20(19)30(27,28)24-14-6-7-14)21(26)25(15-8-9-15)12-16-17(22)3-2-4-18(16)23/h2-5,10-11,14-15,24H,6-9,12H2,1H3. The molecule has 0 unspecified atom stereocenters. The molecule has 0 radical (unpaired) electrons. The zero-order chi connectivity index (χ0) is 21.5. The van der Waals surface area contributed by atoms with Crippen LogP contribution in [0.4, 0.5) is 4.39 Å². The van der Waals surface area contributed by atoms with Gasteiger partial charge in [-0.1, -0.05) is 17.7 Å². The van der Waals surface area contributed by atoms with E-state index >= 15 is 0 Å². The molecule has 0 aliphatic heterocycles. The van der Waals surface area contributed by atoms with E-state index < -0.39 is 15.8 Å². The number of nitrogens with one attached hydrogen (secondary N) is 1. The van der Waals surface area contributed by atoms with Crippen LogP contribution in [0.1, 0.15) is 41.6 Å². The zero-order valence-electron chi connectivity index (χ0n) is 16.4. The predicted molar refractivity (Wildman–Crippen MR) is 111 cm³/mol. The van der Waals surface area contributed by atoms with Crippen molar-refractivity contribution in [3.63, 3.8) is 0 Å². The number of ether oxygens (including phenoxy) is 1. The summed E-state index contributed by atoms with van der Waals surface area (Å²) in [4.78, 5) is 14.7. The fourth-order valence-corrected chi connectivity index (χ4v) is 5.00. The first kappa shape index (κ1) is 21.1. The number of benzene rings is 2. The molecule has 2 aliphatic carbocycles. The number of carbonyl (C=O) groups is 1. The lowest BCUT2D eigenvalue weighted by atomic mass is 10.1. The maximum absolute atomic E-state index is 14.3. The maximum atomic E-state index is 14.3. The molecular weight excluding hydrogens is 431 g/mol. The van der Waals surface area contributed by atoms with Crippen molar-refractivity contribution in [3.8, 4) is 5.75 Å². The molecule has 2 saturated carbocycles. The molecular formula is C21H22ClFN2O4S. The monoisotopic (exact) mass is 452 g/mol. The number of sulfonamides is 1. The minimum absolute atomic E-state index is 0.0173. The highest BCUT2D eigenvalue weighted by atomic mass is 35.5. The summed E-state index contributed by atoms with van der Waals surface area (Å²) < 4.78 is 47.6. The number of nitrogens with zero attached hydrogens (tertiary/aromatic N) is 1. The van der Waals surface area contributed by atoms with Crippen LogP contribution in [-0.2, 0) is 16.6 Å². The topological polar surface area (TPSA) is 75.7 Å². The van der Waals surface area contributed by atoms with Gasteiger partial charge in [-0.25, -0.2) is 17.5 Å². The van der Waals surface area contributed by atoms with Gasteiger partial charge in [-0.15, -0.1) is 0 Å². The van der Waals surface area contributed by atoms with Gasteiger partial charge in [-0.2, -0.15) is 0 Å². The Morgan fingerprint density at radius 1 is 1.23 bits per heavy atom. The third-order valence-corrected chi connectivity index (χ3v) is 7.13. The number of hydrogen-bond acceptors (Lipinski definition) is 4. The van der Waals surface area contributed by atoms with E-state index in [1.165, 1.54) is 37.4 Å². The van der Waals surface area contributed by atoms with Gasteiger partial charge in [0.05, 0.1) is 13.7 Å². The van der Waals surface area contributed by atoms with Gasteiger partial charge in [0.2, 0.25) is 10.0 Å². The third-order valence-electron chi connectivity index (χ3n) is 5.24. The first-order valence-corrected chi connectivity index (χ1v) is 11.6. The second-order valence-electron chi connectivity index (χ2n) is 7.63. The Balaban J connectivity index is 1.66. The second-order valence-corrected chi connectivity index (χ2v) is 9.72. The van der Waals surface area contributed by atoms with Gasteiger partial charge in [0.25, 0.3) is 5.91 Å². The van der Waals surface area contributed by atoms with Crippen molar-refractivity contribution in [3.05, 3.63) is 58.4 Å². The van der Waals surface area contributed by atoms with Crippen LogP contribution in [0.5, 0.6) is 5.75 Å². The first-order valence-electron chi connectivity index (χ1n) is 9.74. The molecule has 0 heterocycles. The van der Waals surface area contributed by atoms with Crippen molar-refractivity contribution in [2.24, 2.45) is 0 Å². The molecule has 0 aromatic heterocycles. The molecule has 2 aliphatic rings. The summed E-state index contributed by atoms with van der Waals surface area (Å²) >= 11 is 6.15. The maximum Gasteiger partial charge on any atom is 0.254 e. The summed E-state index contributed by atoms with van der Waals surface area (Å²) in [5.74, 6) is -0.690. The predicted octanol–water partition coefficient (Wildman–Crippen LogP) is 3.73. The molecule has 4 rings (SSSR count). The Morgan fingerprint density at radius 3 is 2.57 bits per heavy atom. The highest BCUT2D eigenvalue weighted by Crippen LogP contribution is 2.34. The number of halogens is 2. The molecule has 9 heteroatoms. The zero-order valence-corrected chi connectivity index (χ0v) is 18.0. The van der Waals surface area contributed by atoms with Crippen LogP contribution in [0.2, 0.25) is 5.02 Å². The van der Waals surface area contributed by atoms with E-state index in [-0.39, 0.29) is 51.3 Å². The Kier molecular flexibility index (Phi) is 5.74. The molecule has 6 nitrogen and oxygen atoms in total. The normalized spacial score (nSPS) is 16.4. The lowest BCUT2D eigenvalue weighted by Gasteiger charge is -2.24. The van der Waals surface area contributed by atoms with Gasteiger partial charge in [-0.05, 0) is 56.0 Å². The average molecular weight is 453 g/mol. The summed E-state index contributed by atoms with van der Waals surface area (Å²) in [5.41, 5.74) is 0.447. The molecule has 1 N–H and O–H groups in total. The number of methoxy groups -OCH3 is 1. The van der Waals surface area contributed by atoms with Crippen molar-refractivity contribution in [1.82, 2.24) is 9.62 Å². The average Bonchev–Trinajstić information content (AvgIpc) is 3.62. The van der Waals surface area contributed by atoms with E-state index in [0.717, 1.165) is 25.7 Å². The fourth-order valence-electron chi connectivity index (χ4n) is 3.28. The smallest absolute Gasteiger partial charge is 0.254 e. The molecule has 2 aromatic carbocycles. The summed E-state index contributed by atoms with van der Waals surface area (Å²) in [7, 11) is -2.45. The van der Waals surface area contributed by atoms with Gasteiger partial charge >= 0.3 is 0 Å².